The largest absolute Gasteiger partial charge is 0.416 e. The molecule has 0 bridgehead atoms. The summed E-state index contributed by atoms with van der Waals surface area (Å²) in [6.45, 7) is 0. The molecule has 96 valence electrons. The third kappa shape index (κ3) is 2.51. The Morgan fingerprint density at radius 3 is 2.61 bits per heavy atom. The van der Waals surface area contributed by atoms with E-state index in [-0.39, 0.29) is 0 Å². The van der Waals surface area contributed by atoms with Crippen molar-refractivity contribution >= 4 is 0 Å². The van der Waals surface area contributed by atoms with Crippen molar-refractivity contribution in [3.05, 3.63) is 47.3 Å². The second-order valence-corrected chi connectivity index (χ2v) is 3.86. The molecule has 0 radical (unpaired) electrons. The van der Waals surface area contributed by atoms with E-state index in [4.69, 9.17) is 5.73 Å². The molecular formula is C11H11F3N4. The molecule has 1 aromatic carbocycles. The van der Waals surface area contributed by atoms with Gasteiger partial charge in [-0.2, -0.15) is 28.2 Å². The van der Waals surface area contributed by atoms with E-state index >= 15 is 0 Å². The van der Waals surface area contributed by atoms with E-state index in [0.717, 1.165) is 12.1 Å². The summed E-state index contributed by atoms with van der Waals surface area (Å²) in [6.07, 6.45) is -2.94. The minimum Gasteiger partial charge on any atom is -0.319 e. The van der Waals surface area contributed by atoms with Gasteiger partial charge in [0.1, 0.15) is 5.69 Å². The van der Waals surface area contributed by atoms with Gasteiger partial charge in [-0.25, -0.2) is 0 Å². The minimum atomic E-state index is -4.38. The van der Waals surface area contributed by atoms with Crippen molar-refractivity contribution in [1.29, 1.82) is 0 Å². The maximum atomic E-state index is 12.6. The monoisotopic (exact) mass is 256 g/mol. The van der Waals surface area contributed by atoms with E-state index in [1.54, 1.807) is 7.05 Å². The first-order chi connectivity index (χ1) is 8.38. The Bertz CT molecular complexity index is 547. The van der Waals surface area contributed by atoms with Crippen LogP contribution in [0.3, 0.4) is 0 Å². The molecule has 0 aliphatic carbocycles. The van der Waals surface area contributed by atoms with E-state index < -0.39 is 17.8 Å². The first-order valence-electron chi connectivity index (χ1n) is 5.17. The molecule has 18 heavy (non-hydrogen) atoms. The highest BCUT2D eigenvalue weighted by Gasteiger charge is 2.31. The van der Waals surface area contributed by atoms with Gasteiger partial charge in [0.05, 0.1) is 17.8 Å². The standard InChI is InChI=1S/C11H11F3N4/c1-18-16-6-9(17-18)10(15)7-3-2-4-8(5-7)11(12,13)14/h2-6,10H,15H2,1H3. The third-order valence-corrected chi connectivity index (χ3v) is 2.51. The fourth-order valence-electron chi connectivity index (χ4n) is 1.58. The molecule has 1 aromatic heterocycles. The van der Waals surface area contributed by atoms with Crippen molar-refractivity contribution in [1.82, 2.24) is 15.0 Å². The van der Waals surface area contributed by atoms with Gasteiger partial charge < -0.3 is 5.73 Å². The Balaban J connectivity index is 2.34. The molecule has 0 aliphatic heterocycles. The highest BCUT2D eigenvalue weighted by molar-refractivity contribution is 5.31. The van der Waals surface area contributed by atoms with Gasteiger partial charge in [0.15, 0.2) is 0 Å². The summed E-state index contributed by atoms with van der Waals surface area (Å²) in [5.74, 6) is 0. The normalized spacial score (nSPS) is 13.6. The van der Waals surface area contributed by atoms with Crippen LogP contribution in [0.4, 0.5) is 13.2 Å². The van der Waals surface area contributed by atoms with E-state index in [1.165, 1.54) is 23.1 Å². The van der Waals surface area contributed by atoms with Crippen LogP contribution in [0.15, 0.2) is 30.5 Å². The number of rotatable bonds is 2. The fraction of sp³-hybridized carbons (Fsp3) is 0.273. The van der Waals surface area contributed by atoms with Crippen LogP contribution in [0.5, 0.6) is 0 Å². The van der Waals surface area contributed by atoms with E-state index in [0.29, 0.717) is 11.3 Å². The molecule has 1 unspecified atom stereocenters. The molecule has 0 saturated carbocycles. The highest BCUT2D eigenvalue weighted by atomic mass is 19.4. The van der Waals surface area contributed by atoms with Crippen LogP contribution in [0.25, 0.3) is 0 Å². The lowest BCUT2D eigenvalue weighted by Gasteiger charge is -2.12. The van der Waals surface area contributed by atoms with Crippen LogP contribution in [-0.2, 0) is 13.2 Å². The predicted octanol–water partition coefficient (Wildman–Crippen LogP) is 1.88. The van der Waals surface area contributed by atoms with Gasteiger partial charge in [-0.3, -0.25) is 0 Å². The van der Waals surface area contributed by atoms with Gasteiger partial charge >= 0.3 is 6.18 Å². The maximum Gasteiger partial charge on any atom is 0.416 e. The Kier molecular flexibility index (Phi) is 3.08. The average Bonchev–Trinajstić information content (AvgIpc) is 2.74. The van der Waals surface area contributed by atoms with E-state index in [2.05, 4.69) is 10.2 Å². The Morgan fingerprint density at radius 2 is 2.06 bits per heavy atom. The number of aryl methyl sites for hydroxylation is 1. The zero-order chi connectivity index (χ0) is 13.3. The van der Waals surface area contributed by atoms with Crippen molar-refractivity contribution in [2.45, 2.75) is 12.2 Å². The van der Waals surface area contributed by atoms with Crippen molar-refractivity contribution in [2.24, 2.45) is 12.8 Å². The van der Waals surface area contributed by atoms with Crippen LogP contribution in [0, 0.1) is 0 Å². The maximum absolute atomic E-state index is 12.6. The molecule has 1 atom stereocenters. The topological polar surface area (TPSA) is 56.7 Å². The molecule has 7 heteroatoms. The van der Waals surface area contributed by atoms with Gasteiger partial charge in [0.25, 0.3) is 0 Å². The van der Waals surface area contributed by atoms with Crippen LogP contribution in [-0.4, -0.2) is 15.0 Å². The van der Waals surface area contributed by atoms with Gasteiger partial charge in [-0.05, 0) is 17.7 Å². The third-order valence-electron chi connectivity index (χ3n) is 2.51. The van der Waals surface area contributed by atoms with Gasteiger partial charge in [-0.1, -0.05) is 12.1 Å². The van der Waals surface area contributed by atoms with Crippen LogP contribution < -0.4 is 5.73 Å². The second kappa shape index (κ2) is 4.41. The molecule has 4 nitrogen and oxygen atoms in total. The summed E-state index contributed by atoms with van der Waals surface area (Å²) in [5.41, 5.74) is 5.92. The average molecular weight is 256 g/mol. The Hall–Kier alpha value is -1.89. The van der Waals surface area contributed by atoms with Crippen LogP contribution in [0.1, 0.15) is 22.9 Å². The number of hydrogen-bond acceptors (Lipinski definition) is 3. The van der Waals surface area contributed by atoms with Crippen molar-refractivity contribution in [2.75, 3.05) is 0 Å². The molecule has 0 saturated heterocycles. The molecule has 0 amide bonds. The number of alkyl halides is 3. The first-order valence-corrected chi connectivity index (χ1v) is 5.17. The molecule has 0 aliphatic rings. The predicted molar refractivity (Wildman–Crippen MR) is 58.5 cm³/mol. The molecule has 0 spiro atoms. The number of nitrogens with zero attached hydrogens (tertiary/aromatic N) is 3. The molecule has 2 N–H and O–H groups in total. The van der Waals surface area contributed by atoms with Gasteiger partial charge in [-0.15, -0.1) is 0 Å². The van der Waals surface area contributed by atoms with Crippen molar-refractivity contribution in [3.8, 4) is 0 Å². The zero-order valence-corrected chi connectivity index (χ0v) is 9.52. The zero-order valence-electron chi connectivity index (χ0n) is 9.52. The second-order valence-electron chi connectivity index (χ2n) is 3.86. The van der Waals surface area contributed by atoms with Gasteiger partial charge in [0.2, 0.25) is 0 Å². The lowest BCUT2D eigenvalue weighted by Crippen LogP contribution is -2.14. The molecule has 2 aromatic rings. The summed E-state index contributed by atoms with van der Waals surface area (Å²) in [7, 11) is 1.61. The minimum absolute atomic E-state index is 0.352. The number of nitrogens with two attached hydrogens (primary N) is 1. The van der Waals surface area contributed by atoms with Crippen LogP contribution >= 0.6 is 0 Å². The summed E-state index contributed by atoms with van der Waals surface area (Å²) in [4.78, 5) is 1.31. The summed E-state index contributed by atoms with van der Waals surface area (Å²) in [5, 5.41) is 7.82. The Morgan fingerprint density at radius 1 is 1.33 bits per heavy atom. The lowest BCUT2D eigenvalue weighted by atomic mass is 10.0. The number of halogens is 3. The SMILES string of the molecule is Cn1ncc(C(N)c2cccc(C(F)(F)F)c2)n1. The molecule has 1 heterocycles. The Labute approximate surface area is 101 Å². The number of hydrogen-bond donors (Lipinski definition) is 1. The molecule has 0 fully saturated rings. The first kappa shape index (κ1) is 12.6. The van der Waals surface area contributed by atoms with E-state index in [9.17, 15) is 13.2 Å². The quantitative estimate of drug-likeness (QED) is 0.892. The fourth-order valence-corrected chi connectivity index (χ4v) is 1.58. The van der Waals surface area contributed by atoms with E-state index in [1.807, 2.05) is 0 Å². The summed E-state index contributed by atoms with van der Waals surface area (Å²) in [6, 6.07) is 4.18. The highest BCUT2D eigenvalue weighted by Crippen LogP contribution is 2.31. The summed E-state index contributed by atoms with van der Waals surface area (Å²) < 4.78 is 37.7. The number of aromatic nitrogens is 3. The molecular weight excluding hydrogens is 245 g/mol. The smallest absolute Gasteiger partial charge is 0.319 e. The van der Waals surface area contributed by atoms with Crippen molar-refractivity contribution in [3.63, 3.8) is 0 Å². The van der Waals surface area contributed by atoms with Gasteiger partial charge in [0, 0.05) is 7.05 Å². The van der Waals surface area contributed by atoms with Crippen LogP contribution in [0.2, 0.25) is 0 Å². The van der Waals surface area contributed by atoms with Crippen molar-refractivity contribution < 1.29 is 13.2 Å². The summed E-state index contributed by atoms with van der Waals surface area (Å²) >= 11 is 0. The lowest BCUT2D eigenvalue weighted by molar-refractivity contribution is -0.137. The number of benzene rings is 1. The molecule has 2 rings (SSSR count).